The van der Waals surface area contributed by atoms with Crippen molar-refractivity contribution in [3.8, 4) is 5.75 Å². The Morgan fingerprint density at radius 2 is 2.12 bits per heavy atom. The van der Waals surface area contributed by atoms with Crippen LogP contribution in [0.3, 0.4) is 0 Å². The number of halogens is 1. The third-order valence-corrected chi connectivity index (χ3v) is 2.97. The normalized spacial score (nSPS) is 12.4. The van der Waals surface area contributed by atoms with Crippen molar-refractivity contribution in [3.63, 3.8) is 0 Å². The monoisotopic (exact) mass is 240 g/mol. The first kappa shape index (κ1) is 13.6. The highest BCUT2D eigenvalue weighted by molar-refractivity contribution is 5.68. The molecular weight excluding hydrogens is 219 g/mol. The van der Waals surface area contributed by atoms with Gasteiger partial charge in [-0.25, -0.2) is 4.39 Å². The van der Waals surface area contributed by atoms with Gasteiger partial charge in [0, 0.05) is 18.7 Å². The molecule has 1 aromatic carbocycles. The number of rotatable bonds is 6. The molecule has 4 heteroatoms. The summed E-state index contributed by atoms with van der Waals surface area (Å²) in [5.41, 5.74) is 6.60. The number of hydrogen-bond donors (Lipinski definition) is 3. The lowest BCUT2D eigenvalue weighted by atomic mass is 10.0. The van der Waals surface area contributed by atoms with Crippen LogP contribution in [0.2, 0.25) is 0 Å². The van der Waals surface area contributed by atoms with Gasteiger partial charge in [0.05, 0.1) is 11.4 Å². The van der Waals surface area contributed by atoms with Crippen LogP contribution in [0.1, 0.15) is 33.1 Å². The van der Waals surface area contributed by atoms with Crippen LogP contribution >= 0.6 is 0 Å². The van der Waals surface area contributed by atoms with Crippen molar-refractivity contribution in [2.24, 2.45) is 5.92 Å². The Labute approximate surface area is 102 Å². The van der Waals surface area contributed by atoms with Gasteiger partial charge in [-0.2, -0.15) is 0 Å². The first-order chi connectivity index (χ1) is 8.08. The number of nitrogens with two attached hydrogens (primary N) is 1. The summed E-state index contributed by atoms with van der Waals surface area (Å²) in [6.45, 7) is 5.09. The van der Waals surface area contributed by atoms with Crippen LogP contribution in [0.4, 0.5) is 15.8 Å². The van der Waals surface area contributed by atoms with Crippen LogP contribution in [0.25, 0.3) is 0 Å². The van der Waals surface area contributed by atoms with Crippen LogP contribution in [-0.4, -0.2) is 11.7 Å². The van der Waals surface area contributed by atoms with Crippen molar-refractivity contribution in [2.75, 3.05) is 17.6 Å². The van der Waals surface area contributed by atoms with Crippen LogP contribution in [0.5, 0.6) is 5.75 Å². The lowest BCUT2D eigenvalue weighted by molar-refractivity contribution is 0.432. The van der Waals surface area contributed by atoms with Crippen LogP contribution < -0.4 is 11.1 Å². The second kappa shape index (κ2) is 6.33. The van der Waals surface area contributed by atoms with Crippen molar-refractivity contribution < 1.29 is 9.50 Å². The highest BCUT2D eigenvalue weighted by Gasteiger charge is 2.09. The molecule has 4 N–H and O–H groups in total. The van der Waals surface area contributed by atoms with Gasteiger partial charge >= 0.3 is 0 Å². The smallest absolute Gasteiger partial charge is 0.167 e. The summed E-state index contributed by atoms with van der Waals surface area (Å²) in [5.74, 6) is -0.481. The Kier molecular flexibility index (Phi) is 5.07. The summed E-state index contributed by atoms with van der Waals surface area (Å²) < 4.78 is 13.0. The van der Waals surface area contributed by atoms with Crippen LogP contribution in [-0.2, 0) is 0 Å². The molecule has 0 radical (unpaired) electrons. The zero-order valence-electron chi connectivity index (χ0n) is 10.5. The fourth-order valence-electron chi connectivity index (χ4n) is 1.84. The molecule has 0 fully saturated rings. The zero-order chi connectivity index (χ0) is 12.8. The molecule has 0 saturated heterocycles. The molecule has 0 saturated carbocycles. The molecular formula is C13H21FN2O. The minimum atomic E-state index is -0.686. The van der Waals surface area contributed by atoms with Crippen LogP contribution in [0, 0.1) is 11.7 Å². The van der Waals surface area contributed by atoms with E-state index in [0.29, 0.717) is 17.3 Å². The SMILES string of the molecule is CCCC(CC)CNc1cc(O)c(F)cc1N. The predicted octanol–water partition coefficient (Wildman–Crippen LogP) is 3.35. The second-order valence-electron chi connectivity index (χ2n) is 4.33. The molecule has 1 atom stereocenters. The lowest BCUT2D eigenvalue weighted by Gasteiger charge is -2.17. The minimum Gasteiger partial charge on any atom is -0.505 e. The Hall–Kier alpha value is -1.45. The van der Waals surface area contributed by atoms with E-state index in [9.17, 15) is 9.50 Å². The molecule has 0 aliphatic heterocycles. The maximum atomic E-state index is 13.0. The van der Waals surface area contributed by atoms with E-state index >= 15 is 0 Å². The Morgan fingerprint density at radius 3 is 2.71 bits per heavy atom. The Balaban J connectivity index is 2.65. The van der Waals surface area contributed by atoms with E-state index in [1.54, 1.807) is 0 Å². The van der Waals surface area contributed by atoms with Gasteiger partial charge in [-0.15, -0.1) is 0 Å². The Morgan fingerprint density at radius 1 is 1.41 bits per heavy atom. The third-order valence-electron chi connectivity index (χ3n) is 2.97. The standard InChI is InChI=1S/C13H21FN2O/c1-3-5-9(4-2)8-16-12-7-13(17)10(14)6-11(12)15/h6-7,9,16-17H,3-5,8,15H2,1-2H3. The van der Waals surface area contributed by atoms with Gasteiger partial charge in [0.15, 0.2) is 11.6 Å². The van der Waals surface area contributed by atoms with Gasteiger partial charge in [-0.1, -0.05) is 26.7 Å². The molecule has 1 rings (SSSR count). The highest BCUT2D eigenvalue weighted by atomic mass is 19.1. The second-order valence-corrected chi connectivity index (χ2v) is 4.33. The fraction of sp³-hybridized carbons (Fsp3) is 0.538. The summed E-state index contributed by atoms with van der Waals surface area (Å²) in [6, 6.07) is 2.47. The molecule has 17 heavy (non-hydrogen) atoms. The predicted molar refractivity (Wildman–Crippen MR) is 69.7 cm³/mol. The molecule has 0 aromatic heterocycles. The van der Waals surface area contributed by atoms with E-state index in [4.69, 9.17) is 5.73 Å². The summed E-state index contributed by atoms with van der Waals surface area (Å²) in [4.78, 5) is 0. The van der Waals surface area contributed by atoms with Crippen molar-refractivity contribution in [1.82, 2.24) is 0 Å². The molecule has 0 aliphatic rings. The first-order valence-electron chi connectivity index (χ1n) is 6.10. The summed E-state index contributed by atoms with van der Waals surface area (Å²) in [6.07, 6.45) is 3.38. The van der Waals surface area contributed by atoms with E-state index in [2.05, 4.69) is 19.2 Å². The number of phenols is 1. The molecule has 0 heterocycles. The average Bonchev–Trinajstić information content (AvgIpc) is 2.30. The van der Waals surface area contributed by atoms with E-state index in [1.807, 2.05) is 0 Å². The summed E-state index contributed by atoms with van der Waals surface area (Å²) >= 11 is 0. The number of anilines is 2. The fourth-order valence-corrected chi connectivity index (χ4v) is 1.84. The number of nitrogen functional groups attached to an aromatic ring is 1. The largest absolute Gasteiger partial charge is 0.505 e. The maximum absolute atomic E-state index is 13.0. The van der Waals surface area contributed by atoms with E-state index in [1.165, 1.54) is 6.07 Å². The number of hydrogen-bond acceptors (Lipinski definition) is 3. The molecule has 1 aromatic rings. The number of aromatic hydroxyl groups is 1. The number of phenolic OH excluding ortho intramolecular Hbond substituents is 1. The Bertz CT molecular complexity index is 369. The summed E-state index contributed by atoms with van der Waals surface area (Å²) in [5, 5.41) is 12.4. The van der Waals surface area contributed by atoms with E-state index in [-0.39, 0.29) is 5.75 Å². The van der Waals surface area contributed by atoms with Crippen LogP contribution in [0.15, 0.2) is 12.1 Å². The third kappa shape index (κ3) is 3.80. The highest BCUT2D eigenvalue weighted by Crippen LogP contribution is 2.27. The lowest BCUT2D eigenvalue weighted by Crippen LogP contribution is -2.14. The maximum Gasteiger partial charge on any atom is 0.167 e. The van der Waals surface area contributed by atoms with Gasteiger partial charge in [0.2, 0.25) is 0 Å². The molecule has 0 aliphatic carbocycles. The molecule has 0 spiro atoms. The average molecular weight is 240 g/mol. The van der Waals surface area contributed by atoms with Gasteiger partial charge in [-0.3, -0.25) is 0 Å². The zero-order valence-corrected chi connectivity index (χ0v) is 10.5. The molecule has 0 bridgehead atoms. The molecule has 3 nitrogen and oxygen atoms in total. The molecule has 96 valence electrons. The van der Waals surface area contributed by atoms with Gasteiger partial charge in [0.1, 0.15) is 0 Å². The van der Waals surface area contributed by atoms with E-state index < -0.39 is 5.82 Å². The van der Waals surface area contributed by atoms with Crippen molar-refractivity contribution in [3.05, 3.63) is 17.9 Å². The number of benzene rings is 1. The number of nitrogens with one attached hydrogen (secondary N) is 1. The van der Waals surface area contributed by atoms with Gasteiger partial charge in [0.25, 0.3) is 0 Å². The van der Waals surface area contributed by atoms with E-state index in [0.717, 1.165) is 31.9 Å². The van der Waals surface area contributed by atoms with Crippen molar-refractivity contribution >= 4 is 11.4 Å². The molecule has 1 unspecified atom stereocenters. The quantitative estimate of drug-likeness (QED) is 0.528. The minimum absolute atomic E-state index is 0.326. The molecule has 0 amide bonds. The first-order valence-corrected chi connectivity index (χ1v) is 6.10. The topological polar surface area (TPSA) is 58.3 Å². The summed E-state index contributed by atoms with van der Waals surface area (Å²) in [7, 11) is 0. The van der Waals surface area contributed by atoms with Gasteiger partial charge < -0.3 is 16.2 Å². The van der Waals surface area contributed by atoms with Gasteiger partial charge in [-0.05, 0) is 12.3 Å². The van der Waals surface area contributed by atoms with Crippen molar-refractivity contribution in [1.29, 1.82) is 0 Å². The van der Waals surface area contributed by atoms with Crippen molar-refractivity contribution in [2.45, 2.75) is 33.1 Å².